The summed E-state index contributed by atoms with van der Waals surface area (Å²) in [6, 6.07) is 16.2. The van der Waals surface area contributed by atoms with Crippen molar-refractivity contribution in [3.05, 3.63) is 109 Å². The van der Waals surface area contributed by atoms with Crippen LogP contribution in [0.5, 0.6) is 0 Å². The Kier molecular flexibility index (Phi) is 7.20. The first-order chi connectivity index (χ1) is 14.5. The highest BCUT2D eigenvalue weighted by molar-refractivity contribution is 5.48. The fraction of sp³-hybridized carbons (Fsp3) is 0.280. The average Bonchev–Trinajstić information content (AvgIpc) is 2.70. The Morgan fingerprint density at radius 3 is 2.40 bits per heavy atom. The number of rotatable bonds is 8. The van der Waals surface area contributed by atoms with Gasteiger partial charge in [0.05, 0.1) is 6.61 Å². The van der Waals surface area contributed by atoms with Crippen molar-refractivity contribution in [2.75, 3.05) is 6.61 Å². The standard InChI is InChI=1S/C25H28N2O3/c1-4-22-23(16-21-14-18(2)13-19(3)15-21)27(25(29)26-24(22)28)17-30-12-8-11-20-9-6-5-7-10-20/h5-11,13-15H,4,12,16-17H2,1-3H3,(H,26,28,29)/b11-8+. The van der Waals surface area contributed by atoms with Gasteiger partial charge in [-0.15, -0.1) is 0 Å². The van der Waals surface area contributed by atoms with Gasteiger partial charge in [-0.3, -0.25) is 14.3 Å². The van der Waals surface area contributed by atoms with Gasteiger partial charge in [-0.1, -0.05) is 78.7 Å². The molecule has 3 rings (SSSR count). The Morgan fingerprint density at radius 1 is 1.03 bits per heavy atom. The highest BCUT2D eigenvalue weighted by atomic mass is 16.5. The number of hydrogen-bond acceptors (Lipinski definition) is 3. The van der Waals surface area contributed by atoms with E-state index in [0.29, 0.717) is 30.7 Å². The summed E-state index contributed by atoms with van der Waals surface area (Å²) >= 11 is 0. The van der Waals surface area contributed by atoms with Crippen LogP contribution >= 0.6 is 0 Å². The summed E-state index contributed by atoms with van der Waals surface area (Å²) in [6.45, 7) is 6.47. The maximum Gasteiger partial charge on any atom is 0.330 e. The van der Waals surface area contributed by atoms with E-state index in [4.69, 9.17) is 4.74 Å². The number of nitrogens with one attached hydrogen (secondary N) is 1. The van der Waals surface area contributed by atoms with Crippen LogP contribution in [-0.2, 0) is 24.3 Å². The van der Waals surface area contributed by atoms with Crippen LogP contribution in [0.3, 0.4) is 0 Å². The summed E-state index contributed by atoms with van der Waals surface area (Å²) in [5, 5.41) is 0. The molecule has 1 aromatic heterocycles. The first-order valence-electron chi connectivity index (χ1n) is 10.2. The Bertz CT molecular complexity index is 1120. The maximum atomic E-state index is 12.5. The number of benzene rings is 2. The highest BCUT2D eigenvalue weighted by Gasteiger charge is 2.14. The van der Waals surface area contributed by atoms with Crippen molar-refractivity contribution in [2.45, 2.75) is 40.3 Å². The predicted molar refractivity (Wildman–Crippen MR) is 121 cm³/mol. The van der Waals surface area contributed by atoms with Crippen molar-refractivity contribution in [1.29, 1.82) is 0 Å². The van der Waals surface area contributed by atoms with Crippen LogP contribution in [-0.4, -0.2) is 16.2 Å². The third-order valence-corrected chi connectivity index (χ3v) is 4.96. The van der Waals surface area contributed by atoms with Gasteiger partial charge in [0.1, 0.15) is 6.73 Å². The molecule has 0 atom stereocenters. The Labute approximate surface area is 176 Å². The molecule has 5 heteroatoms. The topological polar surface area (TPSA) is 64.1 Å². The van der Waals surface area contributed by atoms with Gasteiger partial charge < -0.3 is 4.74 Å². The maximum absolute atomic E-state index is 12.5. The first-order valence-corrected chi connectivity index (χ1v) is 10.2. The second-order valence-corrected chi connectivity index (χ2v) is 7.45. The van der Waals surface area contributed by atoms with Crippen LogP contribution in [0.4, 0.5) is 0 Å². The Hall–Kier alpha value is -3.18. The fourth-order valence-corrected chi connectivity index (χ4v) is 3.68. The van der Waals surface area contributed by atoms with E-state index in [1.165, 1.54) is 4.57 Å². The largest absolute Gasteiger partial charge is 0.357 e. The number of nitrogens with zero attached hydrogens (tertiary/aromatic N) is 1. The minimum Gasteiger partial charge on any atom is -0.357 e. The van der Waals surface area contributed by atoms with Crippen LogP contribution in [0.15, 0.2) is 64.2 Å². The number of H-pyrrole nitrogens is 1. The quantitative estimate of drug-likeness (QED) is 0.577. The van der Waals surface area contributed by atoms with Gasteiger partial charge in [-0.25, -0.2) is 4.79 Å². The summed E-state index contributed by atoms with van der Waals surface area (Å²) in [5.41, 5.74) is 5.05. The van der Waals surface area contributed by atoms with Crippen LogP contribution < -0.4 is 11.2 Å². The molecule has 0 aliphatic heterocycles. The monoisotopic (exact) mass is 404 g/mol. The summed E-state index contributed by atoms with van der Waals surface area (Å²) in [6.07, 6.45) is 4.94. The number of aromatic amines is 1. The molecular formula is C25H28N2O3. The average molecular weight is 405 g/mol. The smallest absolute Gasteiger partial charge is 0.330 e. The minimum absolute atomic E-state index is 0.0852. The van der Waals surface area contributed by atoms with Crippen LogP contribution in [0.1, 0.15) is 40.4 Å². The molecule has 0 saturated heterocycles. The predicted octanol–water partition coefficient (Wildman–Crippen LogP) is 3.99. The molecule has 0 spiro atoms. The summed E-state index contributed by atoms with van der Waals surface area (Å²) in [7, 11) is 0. The van der Waals surface area contributed by atoms with Gasteiger partial charge in [-0.05, 0) is 31.4 Å². The normalized spacial score (nSPS) is 11.3. The summed E-state index contributed by atoms with van der Waals surface area (Å²) < 4.78 is 7.28. The lowest BCUT2D eigenvalue weighted by molar-refractivity contribution is 0.0944. The summed E-state index contributed by atoms with van der Waals surface area (Å²) in [5.74, 6) is 0. The molecule has 0 amide bonds. The van der Waals surface area contributed by atoms with E-state index in [9.17, 15) is 9.59 Å². The van der Waals surface area contributed by atoms with E-state index in [0.717, 1.165) is 22.3 Å². The van der Waals surface area contributed by atoms with E-state index in [2.05, 4.69) is 23.2 Å². The lowest BCUT2D eigenvalue weighted by Crippen LogP contribution is -2.36. The first kappa shape index (κ1) is 21.5. The van der Waals surface area contributed by atoms with E-state index in [1.807, 2.05) is 63.3 Å². The molecule has 0 fully saturated rings. The second kappa shape index (κ2) is 10.0. The highest BCUT2D eigenvalue weighted by Crippen LogP contribution is 2.15. The lowest BCUT2D eigenvalue weighted by Gasteiger charge is -2.16. The molecule has 0 aliphatic rings. The minimum atomic E-state index is -0.441. The Balaban J connectivity index is 1.83. The molecular weight excluding hydrogens is 376 g/mol. The van der Waals surface area contributed by atoms with Crippen molar-refractivity contribution < 1.29 is 4.74 Å². The molecule has 0 aliphatic carbocycles. The molecule has 2 aromatic carbocycles. The van der Waals surface area contributed by atoms with Gasteiger partial charge >= 0.3 is 5.69 Å². The molecule has 0 radical (unpaired) electrons. The van der Waals surface area contributed by atoms with Crippen LogP contribution in [0.2, 0.25) is 0 Å². The number of hydrogen-bond donors (Lipinski definition) is 1. The molecule has 3 aromatic rings. The summed E-state index contributed by atoms with van der Waals surface area (Å²) in [4.78, 5) is 27.4. The third kappa shape index (κ3) is 5.45. The SMILES string of the molecule is CCc1c(Cc2cc(C)cc(C)c2)n(COC/C=C/c2ccccc2)c(=O)[nH]c1=O. The Morgan fingerprint density at radius 2 is 1.73 bits per heavy atom. The fourth-order valence-electron chi connectivity index (χ4n) is 3.68. The third-order valence-electron chi connectivity index (χ3n) is 4.96. The molecule has 5 nitrogen and oxygen atoms in total. The molecule has 1 heterocycles. The molecule has 156 valence electrons. The molecule has 0 unspecified atom stereocenters. The van der Waals surface area contributed by atoms with E-state index < -0.39 is 5.69 Å². The second-order valence-electron chi connectivity index (χ2n) is 7.45. The van der Waals surface area contributed by atoms with Gasteiger partial charge in [0.2, 0.25) is 0 Å². The molecule has 1 N–H and O–H groups in total. The van der Waals surface area contributed by atoms with E-state index >= 15 is 0 Å². The van der Waals surface area contributed by atoms with Gasteiger partial charge in [-0.2, -0.15) is 0 Å². The lowest BCUT2D eigenvalue weighted by atomic mass is 10.0. The molecule has 0 saturated carbocycles. The van der Waals surface area contributed by atoms with Gasteiger partial charge in [0.25, 0.3) is 5.56 Å². The molecule has 30 heavy (non-hydrogen) atoms. The van der Waals surface area contributed by atoms with E-state index in [-0.39, 0.29) is 12.3 Å². The van der Waals surface area contributed by atoms with Crippen LogP contribution in [0.25, 0.3) is 6.08 Å². The van der Waals surface area contributed by atoms with Crippen molar-refractivity contribution in [3.63, 3.8) is 0 Å². The van der Waals surface area contributed by atoms with E-state index in [1.54, 1.807) is 0 Å². The van der Waals surface area contributed by atoms with Crippen molar-refractivity contribution in [2.24, 2.45) is 0 Å². The van der Waals surface area contributed by atoms with Crippen molar-refractivity contribution in [1.82, 2.24) is 9.55 Å². The zero-order valence-electron chi connectivity index (χ0n) is 17.8. The van der Waals surface area contributed by atoms with Crippen LogP contribution in [0, 0.1) is 13.8 Å². The van der Waals surface area contributed by atoms with Gasteiger partial charge in [0, 0.05) is 17.7 Å². The van der Waals surface area contributed by atoms with Crippen molar-refractivity contribution in [3.8, 4) is 0 Å². The van der Waals surface area contributed by atoms with Gasteiger partial charge in [0.15, 0.2) is 0 Å². The van der Waals surface area contributed by atoms with Crippen molar-refractivity contribution >= 4 is 6.08 Å². The molecule has 0 bridgehead atoms. The number of ether oxygens (including phenoxy) is 1. The number of aromatic nitrogens is 2. The number of aryl methyl sites for hydroxylation is 2. The zero-order valence-corrected chi connectivity index (χ0v) is 17.8. The zero-order chi connectivity index (χ0) is 21.5.